The van der Waals surface area contributed by atoms with Gasteiger partial charge in [-0.15, -0.1) is 0 Å². The molecule has 1 aliphatic heterocycles. The molecule has 1 aromatic carbocycles. The molecule has 1 fully saturated rings. The van der Waals surface area contributed by atoms with Crippen molar-refractivity contribution >= 4 is 5.91 Å². The van der Waals surface area contributed by atoms with E-state index in [-0.39, 0.29) is 11.9 Å². The van der Waals surface area contributed by atoms with Crippen molar-refractivity contribution in [1.82, 2.24) is 15.1 Å². The zero-order chi connectivity index (χ0) is 17.6. The highest BCUT2D eigenvalue weighted by Gasteiger charge is 2.28. The summed E-state index contributed by atoms with van der Waals surface area (Å²) >= 11 is 0. The minimum atomic E-state index is 0.0500. The maximum Gasteiger partial charge on any atom is 0.274 e. The number of carbonyl (C=O) groups is 1. The van der Waals surface area contributed by atoms with Gasteiger partial charge in [-0.3, -0.25) is 9.89 Å². The molecule has 1 saturated heterocycles. The predicted molar refractivity (Wildman–Crippen MR) is 97.7 cm³/mol. The van der Waals surface area contributed by atoms with Gasteiger partial charge in [-0.25, -0.2) is 0 Å². The number of hydrogen-bond donors (Lipinski definition) is 2. The molecule has 2 heterocycles. The van der Waals surface area contributed by atoms with E-state index in [9.17, 15) is 9.90 Å². The number of benzene rings is 1. The summed E-state index contributed by atoms with van der Waals surface area (Å²) in [5.41, 5.74) is 2.77. The summed E-state index contributed by atoms with van der Waals surface area (Å²) in [5, 5.41) is 16.6. The standard InChI is InChI=1S/C20H27N3O2/c1-2-5-16-14-19(22-21-16)20(25)23-13-4-3-6-17(23)10-7-15-8-11-18(24)12-9-15/h8-9,11-12,14,17,24H,2-7,10,13H2,1H3,(H,21,22)/t17-/m1/s1. The molecule has 1 aliphatic rings. The van der Waals surface area contributed by atoms with Crippen molar-refractivity contribution in [2.75, 3.05) is 6.54 Å². The van der Waals surface area contributed by atoms with E-state index in [1.807, 2.05) is 23.1 Å². The number of amides is 1. The Morgan fingerprint density at radius 1 is 1.28 bits per heavy atom. The molecule has 1 atom stereocenters. The fraction of sp³-hybridized carbons (Fsp3) is 0.500. The van der Waals surface area contributed by atoms with Crippen LogP contribution in [0.3, 0.4) is 0 Å². The molecule has 0 aliphatic carbocycles. The summed E-state index contributed by atoms with van der Waals surface area (Å²) < 4.78 is 0. The first-order chi connectivity index (χ1) is 12.2. The summed E-state index contributed by atoms with van der Waals surface area (Å²) in [5.74, 6) is 0.341. The number of aryl methyl sites for hydroxylation is 2. The first kappa shape index (κ1) is 17.5. The molecule has 5 heteroatoms. The number of carbonyl (C=O) groups excluding carboxylic acids is 1. The van der Waals surface area contributed by atoms with Crippen molar-refractivity contribution < 1.29 is 9.90 Å². The van der Waals surface area contributed by atoms with Crippen molar-refractivity contribution in [3.8, 4) is 5.75 Å². The van der Waals surface area contributed by atoms with Crippen LogP contribution in [0.2, 0.25) is 0 Å². The number of aromatic hydroxyl groups is 1. The Balaban J connectivity index is 1.65. The molecule has 2 aromatic rings. The van der Waals surface area contributed by atoms with E-state index in [4.69, 9.17) is 0 Å². The SMILES string of the molecule is CCCc1cc(C(=O)N2CCCC[C@@H]2CCc2ccc(O)cc2)n[nH]1. The largest absolute Gasteiger partial charge is 0.508 e. The van der Waals surface area contributed by atoms with Crippen molar-refractivity contribution in [2.45, 2.75) is 57.9 Å². The molecule has 0 radical (unpaired) electrons. The van der Waals surface area contributed by atoms with Crippen LogP contribution in [0.15, 0.2) is 30.3 Å². The Morgan fingerprint density at radius 3 is 2.84 bits per heavy atom. The highest BCUT2D eigenvalue weighted by Crippen LogP contribution is 2.24. The summed E-state index contributed by atoms with van der Waals surface area (Å²) in [4.78, 5) is 14.9. The topological polar surface area (TPSA) is 69.2 Å². The third kappa shape index (κ3) is 4.41. The molecule has 25 heavy (non-hydrogen) atoms. The summed E-state index contributed by atoms with van der Waals surface area (Å²) in [6, 6.07) is 9.51. The van der Waals surface area contributed by atoms with Gasteiger partial charge in [-0.1, -0.05) is 25.5 Å². The van der Waals surface area contributed by atoms with E-state index < -0.39 is 0 Å². The van der Waals surface area contributed by atoms with Gasteiger partial charge < -0.3 is 10.0 Å². The van der Waals surface area contributed by atoms with E-state index in [2.05, 4.69) is 17.1 Å². The third-order valence-electron chi connectivity index (χ3n) is 4.96. The number of nitrogens with zero attached hydrogens (tertiary/aromatic N) is 2. The van der Waals surface area contributed by atoms with Crippen molar-refractivity contribution in [3.05, 3.63) is 47.3 Å². The summed E-state index contributed by atoms with van der Waals surface area (Å²) in [7, 11) is 0. The van der Waals surface area contributed by atoms with Crippen LogP contribution in [-0.4, -0.2) is 38.7 Å². The van der Waals surface area contributed by atoms with E-state index >= 15 is 0 Å². The number of hydrogen-bond acceptors (Lipinski definition) is 3. The second-order valence-electron chi connectivity index (χ2n) is 6.88. The highest BCUT2D eigenvalue weighted by molar-refractivity contribution is 5.92. The van der Waals surface area contributed by atoms with E-state index in [1.165, 1.54) is 12.0 Å². The lowest BCUT2D eigenvalue weighted by Crippen LogP contribution is -2.44. The maximum absolute atomic E-state index is 12.9. The Morgan fingerprint density at radius 2 is 2.08 bits per heavy atom. The van der Waals surface area contributed by atoms with Crippen LogP contribution in [0, 0.1) is 0 Å². The number of rotatable bonds is 6. The number of phenols is 1. The lowest BCUT2D eigenvalue weighted by molar-refractivity contribution is 0.0596. The Labute approximate surface area is 149 Å². The number of phenolic OH excluding ortho intramolecular Hbond substituents is 1. The molecule has 134 valence electrons. The molecule has 3 rings (SSSR count). The quantitative estimate of drug-likeness (QED) is 0.842. The van der Waals surface area contributed by atoms with Crippen LogP contribution >= 0.6 is 0 Å². The lowest BCUT2D eigenvalue weighted by atomic mass is 9.95. The minimum Gasteiger partial charge on any atom is -0.508 e. The highest BCUT2D eigenvalue weighted by atomic mass is 16.3. The molecule has 0 spiro atoms. The molecule has 1 amide bonds. The van der Waals surface area contributed by atoms with Gasteiger partial charge in [-0.05, 0) is 62.3 Å². The average Bonchev–Trinajstić information content (AvgIpc) is 3.10. The van der Waals surface area contributed by atoms with Crippen LogP contribution in [0.1, 0.15) is 60.8 Å². The molecule has 5 nitrogen and oxygen atoms in total. The first-order valence-electron chi connectivity index (χ1n) is 9.30. The van der Waals surface area contributed by atoms with E-state index in [0.717, 1.165) is 50.8 Å². The molecule has 0 bridgehead atoms. The Kier molecular flexibility index (Phi) is 5.74. The zero-order valence-corrected chi connectivity index (χ0v) is 14.9. The van der Waals surface area contributed by atoms with Gasteiger partial charge in [0, 0.05) is 18.3 Å². The number of likely N-dealkylation sites (tertiary alicyclic amines) is 1. The average molecular weight is 341 g/mol. The number of aromatic amines is 1. The zero-order valence-electron chi connectivity index (χ0n) is 14.9. The second-order valence-corrected chi connectivity index (χ2v) is 6.88. The van der Waals surface area contributed by atoms with E-state index in [1.54, 1.807) is 12.1 Å². The Hall–Kier alpha value is -2.30. The van der Waals surface area contributed by atoms with Crippen molar-refractivity contribution in [1.29, 1.82) is 0 Å². The van der Waals surface area contributed by atoms with Crippen LogP contribution < -0.4 is 0 Å². The third-order valence-corrected chi connectivity index (χ3v) is 4.96. The van der Waals surface area contributed by atoms with Gasteiger partial charge in [0.2, 0.25) is 0 Å². The van der Waals surface area contributed by atoms with Gasteiger partial charge in [-0.2, -0.15) is 5.10 Å². The maximum atomic E-state index is 12.9. The van der Waals surface area contributed by atoms with Crippen LogP contribution in [0.25, 0.3) is 0 Å². The minimum absolute atomic E-state index is 0.0500. The fourth-order valence-corrected chi connectivity index (χ4v) is 3.58. The molecular formula is C20H27N3O2. The van der Waals surface area contributed by atoms with Gasteiger partial charge in [0.05, 0.1) is 0 Å². The fourth-order valence-electron chi connectivity index (χ4n) is 3.58. The molecule has 2 N–H and O–H groups in total. The van der Waals surface area contributed by atoms with Crippen LogP contribution in [-0.2, 0) is 12.8 Å². The van der Waals surface area contributed by atoms with Gasteiger partial charge in [0.15, 0.2) is 0 Å². The van der Waals surface area contributed by atoms with Crippen LogP contribution in [0.4, 0.5) is 0 Å². The normalized spacial score (nSPS) is 17.6. The Bertz CT molecular complexity index is 693. The number of nitrogens with one attached hydrogen (secondary N) is 1. The smallest absolute Gasteiger partial charge is 0.274 e. The first-order valence-corrected chi connectivity index (χ1v) is 9.30. The van der Waals surface area contributed by atoms with Crippen molar-refractivity contribution in [2.24, 2.45) is 0 Å². The number of piperidine rings is 1. The summed E-state index contributed by atoms with van der Waals surface area (Å²) in [6.45, 7) is 2.93. The van der Waals surface area contributed by atoms with E-state index in [0.29, 0.717) is 11.4 Å². The second kappa shape index (κ2) is 8.19. The van der Waals surface area contributed by atoms with Gasteiger partial charge >= 0.3 is 0 Å². The van der Waals surface area contributed by atoms with Crippen molar-refractivity contribution in [3.63, 3.8) is 0 Å². The monoisotopic (exact) mass is 341 g/mol. The number of aromatic nitrogens is 2. The predicted octanol–water partition coefficient (Wildman–Crippen LogP) is 3.70. The van der Waals surface area contributed by atoms with Gasteiger partial charge in [0.1, 0.15) is 11.4 Å². The lowest BCUT2D eigenvalue weighted by Gasteiger charge is -2.35. The molecule has 0 unspecified atom stereocenters. The number of H-pyrrole nitrogens is 1. The summed E-state index contributed by atoms with van der Waals surface area (Å²) in [6.07, 6.45) is 7.11. The van der Waals surface area contributed by atoms with Gasteiger partial charge in [0.25, 0.3) is 5.91 Å². The molecule has 0 saturated carbocycles. The molecular weight excluding hydrogens is 314 g/mol. The van der Waals surface area contributed by atoms with Crippen LogP contribution in [0.5, 0.6) is 5.75 Å². The molecule has 1 aromatic heterocycles.